The highest BCUT2D eigenvalue weighted by Gasteiger charge is 2.39. The highest BCUT2D eigenvalue weighted by atomic mass is 35.5. The Bertz CT molecular complexity index is 474. The van der Waals surface area contributed by atoms with Crippen LogP contribution in [0.1, 0.15) is 6.42 Å². The molecule has 1 fully saturated rings. The van der Waals surface area contributed by atoms with Gasteiger partial charge in [0.1, 0.15) is 11.0 Å². The molecular formula is C9H10ClF2N3O. The lowest BCUT2D eigenvalue weighted by Crippen LogP contribution is -2.31. The zero-order valence-electron chi connectivity index (χ0n) is 8.58. The van der Waals surface area contributed by atoms with Crippen LogP contribution in [-0.4, -0.2) is 28.6 Å². The van der Waals surface area contributed by atoms with Gasteiger partial charge in [-0.2, -0.15) is 4.98 Å². The number of aromatic nitrogens is 2. The summed E-state index contributed by atoms with van der Waals surface area (Å²) in [5.41, 5.74) is -0.544. The van der Waals surface area contributed by atoms with Crippen molar-refractivity contribution in [1.82, 2.24) is 9.55 Å². The summed E-state index contributed by atoms with van der Waals surface area (Å²) in [5.74, 6) is -2.33. The normalized spacial score (nSPS) is 19.1. The first-order valence-electron chi connectivity index (χ1n) is 4.75. The maximum absolute atomic E-state index is 13.0. The molecular weight excluding hydrogens is 240 g/mol. The lowest BCUT2D eigenvalue weighted by Gasteiger charge is -2.20. The van der Waals surface area contributed by atoms with E-state index in [9.17, 15) is 13.6 Å². The van der Waals surface area contributed by atoms with Gasteiger partial charge in [0.2, 0.25) is 0 Å². The van der Waals surface area contributed by atoms with Crippen molar-refractivity contribution in [3.63, 3.8) is 0 Å². The van der Waals surface area contributed by atoms with Crippen LogP contribution >= 0.6 is 11.6 Å². The molecule has 1 aliphatic rings. The van der Waals surface area contributed by atoms with E-state index in [1.807, 2.05) is 0 Å². The SMILES string of the molecule is Cn1c(N2CCC(F)(F)C2)cc(Cl)nc1=O. The van der Waals surface area contributed by atoms with Crippen LogP contribution in [0.4, 0.5) is 14.6 Å². The summed E-state index contributed by atoms with van der Waals surface area (Å²) in [7, 11) is 1.48. The number of nitrogens with zero attached hydrogens (tertiary/aromatic N) is 3. The van der Waals surface area contributed by atoms with Gasteiger partial charge in [-0.15, -0.1) is 0 Å². The summed E-state index contributed by atoms with van der Waals surface area (Å²) in [4.78, 5) is 16.3. The fourth-order valence-corrected chi connectivity index (χ4v) is 1.90. The third-order valence-electron chi connectivity index (χ3n) is 2.57. The second-order valence-corrected chi connectivity index (χ2v) is 4.19. The van der Waals surface area contributed by atoms with Gasteiger partial charge >= 0.3 is 5.69 Å². The number of anilines is 1. The minimum absolute atomic E-state index is 0.0216. The Hall–Kier alpha value is -1.17. The molecule has 2 heterocycles. The minimum atomic E-state index is -2.70. The lowest BCUT2D eigenvalue weighted by atomic mass is 10.3. The number of hydrogen-bond donors (Lipinski definition) is 0. The van der Waals surface area contributed by atoms with Crippen molar-refractivity contribution in [1.29, 1.82) is 0 Å². The first kappa shape index (κ1) is 11.3. The van der Waals surface area contributed by atoms with Gasteiger partial charge in [-0.1, -0.05) is 11.6 Å². The Balaban J connectivity index is 2.39. The van der Waals surface area contributed by atoms with E-state index >= 15 is 0 Å². The van der Waals surface area contributed by atoms with Crippen molar-refractivity contribution in [2.45, 2.75) is 12.3 Å². The van der Waals surface area contributed by atoms with Gasteiger partial charge in [0.15, 0.2) is 0 Å². The Morgan fingerprint density at radius 2 is 2.25 bits per heavy atom. The number of alkyl halides is 2. The highest BCUT2D eigenvalue weighted by molar-refractivity contribution is 6.29. The number of halogens is 3. The van der Waals surface area contributed by atoms with E-state index in [-0.39, 0.29) is 24.7 Å². The van der Waals surface area contributed by atoms with Gasteiger partial charge < -0.3 is 4.90 Å². The molecule has 1 saturated heterocycles. The van der Waals surface area contributed by atoms with E-state index in [2.05, 4.69) is 4.98 Å². The molecule has 7 heteroatoms. The molecule has 0 aliphatic carbocycles. The van der Waals surface area contributed by atoms with Gasteiger partial charge in [0.05, 0.1) is 6.54 Å². The van der Waals surface area contributed by atoms with Crippen LogP contribution in [-0.2, 0) is 7.05 Å². The molecule has 4 nitrogen and oxygen atoms in total. The Morgan fingerprint density at radius 1 is 1.56 bits per heavy atom. The first-order valence-corrected chi connectivity index (χ1v) is 5.13. The van der Waals surface area contributed by atoms with E-state index in [1.165, 1.54) is 22.6 Å². The van der Waals surface area contributed by atoms with Crippen LogP contribution in [0.15, 0.2) is 10.9 Å². The molecule has 0 spiro atoms. The van der Waals surface area contributed by atoms with Crippen molar-refractivity contribution in [3.05, 3.63) is 21.7 Å². The van der Waals surface area contributed by atoms with Crippen molar-refractivity contribution in [3.8, 4) is 0 Å². The first-order chi connectivity index (χ1) is 7.39. The summed E-state index contributed by atoms with van der Waals surface area (Å²) < 4.78 is 27.3. The van der Waals surface area contributed by atoms with Gasteiger partial charge in [0, 0.05) is 26.1 Å². The van der Waals surface area contributed by atoms with E-state index < -0.39 is 11.6 Å². The molecule has 0 atom stereocenters. The second-order valence-electron chi connectivity index (χ2n) is 3.81. The van der Waals surface area contributed by atoms with Crippen molar-refractivity contribution >= 4 is 17.4 Å². The van der Waals surface area contributed by atoms with Gasteiger partial charge in [-0.3, -0.25) is 4.57 Å². The molecule has 0 bridgehead atoms. The van der Waals surface area contributed by atoms with E-state index in [0.29, 0.717) is 5.82 Å². The lowest BCUT2D eigenvalue weighted by molar-refractivity contribution is 0.0256. The number of hydrogen-bond acceptors (Lipinski definition) is 3. The zero-order valence-corrected chi connectivity index (χ0v) is 9.34. The molecule has 0 saturated carbocycles. The predicted octanol–water partition coefficient (Wildman–Crippen LogP) is 1.28. The largest absolute Gasteiger partial charge is 0.352 e. The topological polar surface area (TPSA) is 38.1 Å². The van der Waals surface area contributed by atoms with Gasteiger partial charge in [-0.05, 0) is 0 Å². The van der Waals surface area contributed by atoms with Crippen LogP contribution in [0.3, 0.4) is 0 Å². The number of rotatable bonds is 1. The summed E-state index contributed by atoms with van der Waals surface area (Å²) in [6.45, 7) is -0.179. The molecule has 1 aliphatic heterocycles. The van der Waals surface area contributed by atoms with E-state index in [0.717, 1.165) is 0 Å². The maximum atomic E-state index is 13.0. The van der Waals surface area contributed by atoms with Crippen LogP contribution in [0, 0.1) is 0 Å². The van der Waals surface area contributed by atoms with Crippen LogP contribution in [0.2, 0.25) is 5.15 Å². The minimum Gasteiger partial charge on any atom is -0.352 e. The van der Waals surface area contributed by atoms with Crippen LogP contribution < -0.4 is 10.6 Å². The molecule has 0 amide bonds. The Morgan fingerprint density at radius 3 is 2.81 bits per heavy atom. The quantitative estimate of drug-likeness (QED) is 0.704. The monoisotopic (exact) mass is 249 g/mol. The summed E-state index contributed by atoms with van der Waals surface area (Å²) in [6, 6.07) is 1.42. The van der Waals surface area contributed by atoms with Gasteiger partial charge in [0.25, 0.3) is 5.92 Å². The van der Waals surface area contributed by atoms with Crippen molar-refractivity contribution in [2.24, 2.45) is 7.05 Å². The molecule has 1 aromatic rings. The second kappa shape index (κ2) is 3.69. The average molecular weight is 250 g/mol. The molecule has 2 rings (SSSR count). The molecule has 0 unspecified atom stereocenters. The Kier molecular flexibility index (Phi) is 2.61. The van der Waals surface area contributed by atoms with Gasteiger partial charge in [-0.25, -0.2) is 13.6 Å². The summed E-state index contributed by atoms with van der Waals surface area (Å²) in [5, 5.41) is 0.0216. The zero-order chi connectivity index (χ0) is 11.9. The summed E-state index contributed by atoms with van der Waals surface area (Å²) >= 11 is 5.63. The molecule has 1 aromatic heterocycles. The fraction of sp³-hybridized carbons (Fsp3) is 0.556. The van der Waals surface area contributed by atoms with Crippen molar-refractivity contribution in [2.75, 3.05) is 18.0 Å². The standard InChI is InChI=1S/C9H10ClF2N3O/c1-14-7(4-6(10)13-8(14)16)15-3-2-9(11,12)5-15/h4H,2-3,5H2,1H3. The van der Waals surface area contributed by atoms with Crippen LogP contribution in [0.25, 0.3) is 0 Å². The average Bonchev–Trinajstić information content (AvgIpc) is 2.52. The van der Waals surface area contributed by atoms with Crippen LogP contribution in [0.5, 0.6) is 0 Å². The highest BCUT2D eigenvalue weighted by Crippen LogP contribution is 2.30. The third-order valence-corrected chi connectivity index (χ3v) is 2.77. The van der Waals surface area contributed by atoms with E-state index in [1.54, 1.807) is 0 Å². The molecule has 0 radical (unpaired) electrons. The fourth-order valence-electron chi connectivity index (χ4n) is 1.73. The Labute approximate surface area is 95.5 Å². The molecule has 0 aromatic carbocycles. The molecule has 88 valence electrons. The predicted molar refractivity (Wildman–Crippen MR) is 56.3 cm³/mol. The van der Waals surface area contributed by atoms with E-state index in [4.69, 9.17) is 11.6 Å². The van der Waals surface area contributed by atoms with Crippen molar-refractivity contribution < 1.29 is 8.78 Å². The molecule has 16 heavy (non-hydrogen) atoms. The maximum Gasteiger partial charge on any atom is 0.350 e. The third kappa shape index (κ3) is 2.02. The summed E-state index contributed by atoms with van der Waals surface area (Å²) in [6.07, 6.45) is -0.207. The smallest absolute Gasteiger partial charge is 0.350 e. The molecule has 0 N–H and O–H groups in total.